The zero-order chi connectivity index (χ0) is 17.6. The van der Waals surface area contributed by atoms with Gasteiger partial charge in [0.1, 0.15) is 12.2 Å². The fourth-order valence-corrected chi connectivity index (χ4v) is 6.85. The lowest BCUT2D eigenvalue weighted by Crippen LogP contribution is -2.52. The number of ether oxygens (including phenoxy) is 1. The van der Waals surface area contributed by atoms with Crippen molar-refractivity contribution in [3.05, 3.63) is 22.8 Å². The number of aliphatic hydroxyl groups excluding tert-OH is 2. The molecule has 1 saturated carbocycles. The van der Waals surface area contributed by atoms with Crippen LogP contribution in [-0.4, -0.2) is 34.5 Å². The molecule has 5 aliphatic rings. The van der Waals surface area contributed by atoms with Crippen LogP contribution in [0.25, 0.3) is 0 Å². The van der Waals surface area contributed by atoms with Crippen LogP contribution in [0.4, 0.5) is 0 Å². The zero-order valence-electron chi connectivity index (χ0n) is 15.1. The van der Waals surface area contributed by atoms with Gasteiger partial charge in [-0.2, -0.15) is 0 Å². The van der Waals surface area contributed by atoms with Crippen LogP contribution < -0.4 is 0 Å². The number of hydrogen-bond donors (Lipinski definition) is 2. The second-order valence-electron chi connectivity index (χ2n) is 9.15. The van der Waals surface area contributed by atoms with E-state index in [4.69, 9.17) is 4.74 Å². The van der Waals surface area contributed by atoms with Gasteiger partial charge >= 0.3 is 5.97 Å². The van der Waals surface area contributed by atoms with E-state index in [0.29, 0.717) is 24.2 Å². The molecule has 0 radical (unpaired) electrons. The second-order valence-corrected chi connectivity index (χ2v) is 9.15. The quantitative estimate of drug-likeness (QED) is 0.567. The van der Waals surface area contributed by atoms with Crippen molar-refractivity contribution in [3.63, 3.8) is 0 Å². The SMILES string of the molecule is CC[C@]1(C)CCC2=C1CC[C@H]1[C@H]2C[C@@H](O)C2=C[C@@H](O)[C@@H]3C[C@@]21C(=O)O3. The minimum atomic E-state index is -0.769. The molecule has 2 N–H and O–H groups in total. The standard InChI is InChI=1S/C21H28O4/c1-3-20(2)7-6-11-12-8-16(22)15-9-17(23)18-10-21(15,19(24)25-18)14(12)5-4-13(11)20/h9,12,14,16-18,22-23H,3-8,10H2,1-2H3/t12-,14-,16+,17+,18-,20+,21-/m0/s1. The van der Waals surface area contributed by atoms with E-state index in [9.17, 15) is 15.0 Å². The molecular weight excluding hydrogens is 316 g/mol. The van der Waals surface area contributed by atoms with Gasteiger partial charge in [0.2, 0.25) is 0 Å². The van der Waals surface area contributed by atoms with Crippen molar-refractivity contribution >= 4 is 5.97 Å². The molecule has 7 atom stereocenters. The van der Waals surface area contributed by atoms with E-state index in [1.165, 1.54) is 18.4 Å². The maximum Gasteiger partial charge on any atom is 0.317 e. The highest BCUT2D eigenvalue weighted by molar-refractivity contribution is 5.85. The fourth-order valence-electron chi connectivity index (χ4n) is 6.85. The van der Waals surface area contributed by atoms with Crippen LogP contribution in [0.5, 0.6) is 0 Å². The molecule has 2 fully saturated rings. The number of fused-ring (bicyclic) bond motifs is 3. The van der Waals surface area contributed by atoms with Crippen molar-refractivity contribution in [1.82, 2.24) is 0 Å². The van der Waals surface area contributed by atoms with Gasteiger partial charge in [0, 0.05) is 6.42 Å². The highest BCUT2D eigenvalue weighted by Gasteiger charge is 2.66. The number of hydrogen-bond acceptors (Lipinski definition) is 4. The first-order valence-electron chi connectivity index (χ1n) is 9.92. The van der Waals surface area contributed by atoms with Gasteiger partial charge < -0.3 is 14.9 Å². The largest absolute Gasteiger partial charge is 0.459 e. The topological polar surface area (TPSA) is 66.8 Å². The molecule has 1 saturated heterocycles. The molecule has 0 unspecified atom stereocenters. The van der Waals surface area contributed by atoms with Crippen LogP contribution in [-0.2, 0) is 9.53 Å². The summed E-state index contributed by atoms with van der Waals surface area (Å²) >= 11 is 0. The van der Waals surface area contributed by atoms with E-state index in [0.717, 1.165) is 24.8 Å². The Morgan fingerprint density at radius 3 is 2.88 bits per heavy atom. The van der Waals surface area contributed by atoms with Gasteiger partial charge in [-0.05, 0) is 67.4 Å². The molecule has 25 heavy (non-hydrogen) atoms. The van der Waals surface area contributed by atoms with Gasteiger partial charge in [-0.3, -0.25) is 4.79 Å². The molecule has 0 aromatic carbocycles. The van der Waals surface area contributed by atoms with E-state index in [2.05, 4.69) is 13.8 Å². The van der Waals surface area contributed by atoms with Crippen LogP contribution in [0.2, 0.25) is 0 Å². The Bertz CT molecular complexity index is 707. The Hall–Kier alpha value is -1.13. The van der Waals surface area contributed by atoms with Gasteiger partial charge in [-0.25, -0.2) is 0 Å². The second kappa shape index (κ2) is 4.98. The van der Waals surface area contributed by atoms with Crippen LogP contribution in [0.1, 0.15) is 58.8 Å². The highest BCUT2D eigenvalue weighted by Crippen LogP contribution is 2.65. The fraction of sp³-hybridized carbons (Fsp3) is 0.762. The molecule has 1 spiro atoms. The van der Waals surface area contributed by atoms with Crippen molar-refractivity contribution in [2.24, 2.45) is 22.7 Å². The molecule has 4 aliphatic carbocycles. The third-order valence-corrected chi connectivity index (χ3v) is 8.34. The highest BCUT2D eigenvalue weighted by atomic mass is 16.6. The molecule has 2 bridgehead atoms. The Balaban J connectivity index is 1.62. The Morgan fingerprint density at radius 1 is 1.32 bits per heavy atom. The van der Waals surface area contributed by atoms with Crippen LogP contribution in [0.15, 0.2) is 22.8 Å². The Labute approximate surface area is 148 Å². The van der Waals surface area contributed by atoms with Gasteiger partial charge in [-0.1, -0.05) is 25.0 Å². The van der Waals surface area contributed by atoms with E-state index in [-0.39, 0.29) is 11.9 Å². The van der Waals surface area contributed by atoms with Crippen LogP contribution >= 0.6 is 0 Å². The molecule has 0 aromatic rings. The summed E-state index contributed by atoms with van der Waals surface area (Å²) in [6.07, 6.45) is 6.70. The minimum absolute atomic E-state index is 0.200. The Kier molecular flexibility index (Phi) is 3.20. The summed E-state index contributed by atoms with van der Waals surface area (Å²) in [6, 6.07) is 0. The summed E-state index contributed by atoms with van der Waals surface area (Å²) in [5.74, 6) is 0.324. The van der Waals surface area contributed by atoms with Gasteiger partial charge in [0.25, 0.3) is 0 Å². The molecule has 1 heterocycles. The minimum Gasteiger partial charge on any atom is -0.459 e. The normalized spacial score (nSPS) is 50.8. The van der Waals surface area contributed by atoms with Gasteiger partial charge in [0.15, 0.2) is 0 Å². The van der Waals surface area contributed by atoms with Crippen molar-refractivity contribution in [3.8, 4) is 0 Å². The molecule has 4 nitrogen and oxygen atoms in total. The number of rotatable bonds is 1. The third-order valence-electron chi connectivity index (χ3n) is 8.34. The smallest absolute Gasteiger partial charge is 0.317 e. The number of esters is 1. The van der Waals surface area contributed by atoms with E-state index >= 15 is 0 Å². The van der Waals surface area contributed by atoms with Crippen molar-refractivity contribution in [2.45, 2.75) is 77.1 Å². The summed E-state index contributed by atoms with van der Waals surface area (Å²) in [5, 5.41) is 21.1. The van der Waals surface area contributed by atoms with Crippen molar-refractivity contribution in [1.29, 1.82) is 0 Å². The summed E-state index contributed by atoms with van der Waals surface area (Å²) in [4.78, 5) is 12.9. The van der Waals surface area contributed by atoms with E-state index < -0.39 is 23.7 Å². The maximum absolute atomic E-state index is 12.9. The molecule has 136 valence electrons. The van der Waals surface area contributed by atoms with Crippen LogP contribution in [0, 0.1) is 22.7 Å². The van der Waals surface area contributed by atoms with E-state index in [1.807, 2.05) is 0 Å². The van der Waals surface area contributed by atoms with Crippen molar-refractivity contribution in [2.75, 3.05) is 0 Å². The predicted molar refractivity (Wildman–Crippen MR) is 92.5 cm³/mol. The first-order valence-corrected chi connectivity index (χ1v) is 9.92. The van der Waals surface area contributed by atoms with Gasteiger partial charge in [0.05, 0.1) is 11.5 Å². The lowest BCUT2D eigenvalue weighted by molar-refractivity contribution is -0.153. The third kappa shape index (κ3) is 1.83. The first-order chi connectivity index (χ1) is 11.9. The summed E-state index contributed by atoms with van der Waals surface area (Å²) < 4.78 is 5.56. The average Bonchev–Trinajstić information content (AvgIpc) is 3.08. The first kappa shape index (κ1) is 16.1. The maximum atomic E-state index is 12.9. The average molecular weight is 344 g/mol. The number of carbonyl (C=O) groups is 1. The lowest BCUT2D eigenvalue weighted by Gasteiger charge is -2.51. The molecular formula is C21H28O4. The number of allylic oxidation sites excluding steroid dienone is 2. The zero-order valence-corrected chi connectivity index (χ0v) is 15.1. The summed E-state index contributed by atoms with van der Waals surface area (Å²) in [5.41, 5.74) is 3.53. The monoisotopic (exact) mass is 344 g/mol. The molecule has 0 aromatic heterocycles. The summed E-state index contributed by atoms with van der Waals surface area (Å²) in [7, 11) is 0. The number of carbonyl (C=O) groups excluding carboxylic acids is 1. The molecule has 5 rings (SSSR count). The molecule has 1 aliphatic heterocycles. The van der Waals surface area contributed by atoms with Gasteiger partial charge in [-0.15, -0.1) is 0 Å². The number of aliphatic hydroxyl groups is 2. The van der Waals surface area contributed by atoms with E-state index in [1.54, 1.807) is 11.6 Å². The van der Waals surface area contributed by atoms with Crippen LogP contribution in [0.3, 0.4) is 0 Å². The lowest BCUT2D eigenvalue weighted by atomic mass is 9.51. The molecule has 0 amide bonds. The summed E-state index contributed by atoms with van der Waals surface area (Å²) in [6.45, 7) is 4.66. The Morgan fingerprint density at radius 2 is 2.12 bits per heavy atom. The molecule has 4 heteroatoms. The van der Waals surface area contributed by atoms with Crippen molar-refractivity contribution < 1.29 is 19.7 Å². The predicted octanol–water partition coefficient (Wildman–Crippen LogP) is 2.89.